The number of aryl methyl sites for hydroxylation is 1. The molecule has 0 bridgehead atoms. The number of rotatable bonds is 7. The molecule has 0 saturated carbocycles. The zero-order chi connectivity index (χ0) is 16.1. The highest BCUT2D eigenvalue weighted by molar-refractivity contribution is 7.22. The first-order chi connectivity index (χ1) is 10.6. The number of halogens is 1. The van der Waals surface area contributed by atoms with E-state index in [0.717, 1.165) is 41.4 Å². The second kappa shape index (κ2) is 9.21. The van der Waals surface area contributed by atoms with Gasteiger partial charge >= 0.3 is 0 Å². The van der Waals surface area contributed by atoms with Crippen molar-refractivity contribution in [2.75, 3.05) is 31.1 Å². The Labute approximate surface area is 148 Å². The van der Waals surface area contributed by atoms with Crippen LogP contribution in [-0.4, -0.2) is 42.0 Å². The molecule has 4 nitrogen and oxygen atoms in total. The summed E-state index contributed by atoms with van der Waals surface area (Å²) in [5.41, 5.74) is 2.28. The molecule has 1 aromatic heterocycles. The van der Waals surface area contributed by atoms with Crippen LogP contribution in [0.1, 0.15) is 33.3 Å². The third-order valence-corrected chi connectivity index (χ3v) is 5.04. The summed E-state index contributed by atoms with van der Waals surface area (Å²) in [5, 5.41) is 0.808. The van der Waals surface area contributed by atoms with Crippen LogP contribution in [0.3, 0.4) is 0 Å². The molecule has 1 aromatic carbocycles. The van der Waals surface area contributed by atoms with E-state index in [1.54, 1.807) is 23.2 Å². The summed E-state index contributed by atoms with van der Waals surface area (Å²) in [7, 11) is 0. The first-order valence-corrected chi connectivity index (χ1v) is 8.80. The van der Waals surface area contributed by atoms with Gasteiger partial charge in [-0.15, -0.1) is 12.4 Å². The number of nitrogens with zero attached hydrogens (tertiary/aromatic N) is 3. The lowest BCUT2D eigenvalue weighted by Crippen LogP contribution is -2.37. The highest BCUT2D eigenvalue weighted by Gasteiger charge is 2.17. The predicted molar refractivity (Wildman–Crippen MR) is 102 cm³/mol. The largest absolute Gasteiger partial charge is 0.302 e. The number of aromatic nitrogens is 1. The second-order valence-electron chi connectivity index (χ2n) is 5.35. The van der Waals surface area contributed by atoms with Crippen molar-refractivity contribution >= 4 is 45.0 Å². The van der Waals surface area contributed by atoms with Gasteiger partial charge in [0.1, 0.15) is 0 Å². The molecule has 2 aromatic rings. The lowest BCUT2D eigenvalue weighted by Gasteiger charge is -2.23. The molecule has 0 aliphatic heterocycles. The maximum absolute atomic E-state index is 12.0. The Morgan fingerprint density at radius 2 is 1.87 bits per heavy atom. The Bertz CT molecular complexity index is 640. The topological polar surface area (TPSA) is 36.4 Å². The van der Waals surface area contributed by atoms with Gasteiger partial charge in [0.15, 0.2) is 5.13 Å². The number of thiazole rings is 1. The zero-order valence-corrected chi connectivity index (χ0v) is 16.0. The third kappa shape index (κ3) is 4.90. The second-order valence-corrected chi connectivity index (χ2v) is 6.36. The Balaban J connectivity index is 0.00000264. The minimum absolute atomic E-state index is 0. The lowest BCUT2D eigenvalue weighted by molar-refractivity contribution is -0.116. The summed E-state index contributed by atoms with van der Waals surface area (Å²) in [5.74, 6) is 0.0573. The zero-order valence-electron chi connectivity index (χ0n) is 14.3. The average molecular weight is 356 g/mol. The standard InChI is InChI=1S/C17H25N3OS.ClH/c1-5-14-8-9-15-16(12-14)22-17(18-15)20(13(4)21)11-10-19(6-2)7-3;/h8-9,12H,5-7,10-11H2,1-4H3;1H. The number of fused-ring (bicyclic) bond motifs is 1. The minimum atomic E-state index is 0. The van der Waals surface area contributed by atoms with Gasteiger partial charge < -0.3 is 4.90 Å². The molecule has 0 spiro atoms. The summed E-state index contributed by atoms with van der Waals surface area (Å²) in [6.45, 7) is 11.6. The quantitative estimate of drug-likeness (QED) is 0.753. The van der Waals surface area contributed by atoms with Crippen LogP contribution in [0.15, 0.2) is 18.2 Å². The van der Waals surface area contributed by atoms with Crippen molar-refractivity contribution in [3.05, 3.63) is 23.8 Å². The van der Waals surface area contributed by atoms with Gasteiger partial charge in [0.05, 0.1) is 10.2 Å². The molecule has 0 aliphatic rings. The molecule has 1 heterocycles. The molecule has 0 atom stereocenters. The number of amides is 1. The van der Waals surface area contributed by atoms with Gasteiger partial charge in [-0.25, -0.2) is 4.98 Å². The number of anilines is 1. The van der Waals surface area contributed by atoms with Gasteiger partial charge in [0.2, 0.25) is 5.91 Å². The van der Waals surface area contributed by atoms with Crippen LogP contribution in [0.5, 0.6) is 0 Å². The molecule has 6 heteroatoms. The highest BCUT2D eigenvalue weighted by Crippen LogP contribution is 2.29. The van der Waals surface area contributed by atoms with Crippen LogP contribution >= 0.6 is 23.7 Å². The fourth-order valence-electron chi connectivity index (χ4n) is 2.46. The van der Waals surface area contributed by atoms with E-state index in [0.29, 0.717) is 6.54 Å². The molecule has 0 aliphatic carbocycles. The van der Waals surface area contributed by atoms with Crippen LogP contribution in [0.4, 0.5) is 5.13 Å². The molecule has 0 unspecified atom stereocenters. The van der Waals surface area contributed by atoms with Crippen molar-refractivity contribution in [1.82, 2.24) is 9.88 Å². The molecule has 0 fully saturated rings. The van der Waals surface area contributed by atoms with Crippen LogP contribution in [0, 0.1) is 0 Å². The fraction of sp³-hybridized carbons (Fsp3) is 0.529. The summed E-state index contributed by atoms with van der Waals surface area (Å²) < 4.78 is 1.16. The van der Waals surface area contributed by atoms with Crippen LogP contribution in [-0.2, 0) is 11.2 Å². The Morgan fingerprint density at radius 1 is 1.17 bits per heavy atom. The van der Waals surface area contributed by atoms with E-state index in [4.69, 9.17) is 0 Å². The molecule has 0 saturated heterocycles. The van der Waals surface area contributed by atoms with E-state index >= 15 is 0 Å². The van der Waals surface area contributed by atoms with Gasteiger partial charge in [-0.2, -0.15) is 0 Å². The van der Waals surface area contributed by atoms with Crippen LogP contribution < -0.4 is 4.90 Å². The molecule has 23 heavy (non-hydrogen) atoms. The summed E-state index contributed by atoms with van der Waals surface area (Å²) >= 11 is 1.61. The monoisotopic (exact) mass is 355 g/mol. The van der Waals surface area contributed by atoms with Crippen LogP contribution in [0.2, 0.25) is 0 Å². The first-order valence-electron chi connectivity index (χ1n) is 7.98. The number of carbonyl (C=O) groups excluding carboxylic acids is 1. The van der Waals surface area contributed by atoms with Crippen molar-refractivity contribution in [2.24, 2.45) is 0 Å². The van der Waals surface area contributed by atoms with E-state index in [1.165, 1.54) is 5.56 Å². The highest BCUT2D eigenvalue weighted by atomic mass is 35.5. The van der Waals surface area contributed by atoms with E-state index in [-0.39, 0.29) is 18.3 Å². The smallest absolute Gasteiger partial charge is 0.225 e. The SMILES string of the molecule is CCc1ccc2nc(N(CCN(CC)CC)C(C)=O)sc2c1.Cl. The van der Waals surface area contributed by atoms with Gasteiger partial charge in [-0.05, 0) is 37.2 Å². The van der Waals surface area contributed by atoms with Crippen molar-refractivity contribution in [1.29, 1.82) is 0 Å². The molecule has 1 amide bonds. The van der Waals surface area contributed by atoms with Gasteiger partial charge in [0, 0.05) is 20.0 Å². The minimum Gasteiger partial charge on any atom is -0.302 e. The van der Waals surface area contributed by atoms with E-state index in [1.807, 2.05) is 0 Å². The van der Waals surface area contributed by atoms with Crippen LogP contribution in [0.25, 0.3) is 10.2 Å². The predicted octanol–water partition coefficient (Wildman–Crippen LogP) is 3.98. The molecular weight excluding hydrogens is 330 g/mol. The van der Waals surface area contributed by atoms with Gasteiger partial charge in [-0.3, -0.25) is 9.69 Å². The van der Waals surface area contributed by atoms with Crippen molar-refractivity contribution < 1.29 is 4.79 Å². The Hall–Kier alpha value is -1.17. The van der Waals surface area contributed by atoms with Gasteiger partial charge in [-0.1, -0.05) is 38.2 Å². The normalized spacial score (nSPS) is 10.8. The fourth-order valence-corrected chi connectivity index (χ4v) is 3.56. The van der Waals surface area contributed by atoms with Crippen molar-refractivity contribution in [2.45, 2.75) is 34.1 Å². The van der Waals surface area contributed by atoms with Gasteiger partial charge in [0.25, 0.3) is 0 Å². The molecule has 0 radical (unpaired) electrons. The summed E-state index contributed by atoms with van der Waals surface area (Å²) in [4.78, 5) is 20.8. The van der Waals surface area contributed by atoms with E-state index < -0.39 is 0 Å². The Kier molecular flexibility index (Phi) is 7.95. The first kappa shape index (κ1) is 19.9. The lowest BCUT2D eigenvalue weighted by atomic mass is 10.2. The maximum atomic E-state index is 12.0. The third-order valence-electron chi connectivity index (χ3n) is 4.00. The summed E-state index contributed by atoms with van der Waals surface area (Å²) in [6.07, 6.45) is 1.02. The Morgan fingerprint density at radius 3 is 2.43 bits per heavy atom. The number of hydrogen-bond acceptors (Lipinski definition) is 4. The molecule has 0 N–H and O–H groups in total. The molecule has 2 rings (SSSR count). The van der Waals surface area contributed by atoms with Crippen molar-refractivity contribution in [3.8, 4) is 0 Å². The maximum Gasteiger partial charge on any atom is 0.225 e. The van der Waals surface area contributed by atoms with E-state index in [2.05, 4.69) is 48.9 Å². The van der Waals surface area contributed by atoms with E-state index in [9.17, 15) is 4.79 Å². The number of hydrogen-bond donors (Lipinski definition) is 0. The van der Waals surface area contributed by atoms with Crippen molar-refractivity contribution in [3.63, 3.8) is 0 Å². The number of benzene rings is 1. The number of likely N-dealkylation sites (N-methyl/N-ethyl adjacent to an activating group) is 1. The molecule has 128 valence electrons. The number of carbonyl (C=O) groups is 1. The molecular formula is C17H26ClN3OS. The average Bonchev–Trinajstić information content (AvgIpc) is 2.93. The summed E-state index contributed by atoms with van der Waals surface area (Å²) in [6, 6.07) is 6.34.